The Bertz CT molecular complexity index is 1030. The smallest absolute Gasteiger partial charge is 0.416 e. The van der Waals surface area contributed by atoms with E-state index in [0.717, 1.165) is 12.1 Å². The van der Waals surface area contributed by atoms with E-state index in [1.54, 1.807) is 24.3 Å². The van der Waals surface area contributed by atoms with E-state index in [2.05, 4.69) is 0 Å². The maximum absolute atomic E-state index is 13.6. The Kier molecular flexibility index (Phi) is 4.96. The van der Waals surface area contributed by atoms with Crippen molar-refractivity contribution in [1.82, 2.24) is 4.90 Å². The van der Waals surface area contributed by atoms with Crippen molar-refractivity contribution in [3.8, 4) is 5.75 Å². The summed E-state index contributed by atoms with van der Waals surface area (Å²) >= 11 is 1.36. The molecule has 2 amide bonds. The maximum atomic E-state index is 13.6. The first-order chi connectivity index (χ1) is 14.2. The van der Waals surface area contributed by atoms with Crippen LogP contribution in [0.4, 0.5) is 18.9 Å². The molecule has 158 valence electrons. The van der Waals surface area contributed by atoms with Gasteiger partial charge in [0.2, 0.25) is 5.91 Å². The zero-order chi connectivity index (χ0) is 21.7. The molecule has 1 saturated heterocycles. The van der Waals surface area contributed by atoms with Crippen molar-refractivity contribution in [2.75, 3.05) is 24.3 Å². The monoisotopic (exact) mass is 436 g/mol. The van der Waals surface area contributed by atoms with Gasteiger partial charge in [-0.3, -0.25) is 9.59 Å². The van der Waals surface area contributed by atoms with E-state index in [1.165, 1.54) is 41.7 Å². The number of hydrogen-bond donors (Lipinski definition) is 0. The number of rotatable bonds is 3. The van der Waals surface area contributed by atoms with Crippen LogP contribution in [0, 0.1) is 0 Å². The third kappa shape index (κ3) is 3.12. The fourth-order valence-electron chi connectivity index (χ4n) is 4.04. The van der Waals surface area contributed by atoms with Gasteiger partial charge in [-0.1, -0.05) is 12.1 Å². The Morgan fingerprint density at radius 2 is 2.00 bits per heavy atom. The van der Waals surface area contributed by atoms with Gasteiger partial charge >= 0.3 is 6.18 Å². The van der Waals surface area contributed by atoms with E-state index < -0.39 is 16.6 Å². The van der Waals surface area contributed by atoms with Crippen molar-refractivity contribution in [1.29, 1.82) is 0 Å². The van der Waals surface area contributed by atoms with Gasteiger partial charge in [-0.05, 0) is 35.9 Å². The predicted molar refractivity (Wildman–Crippen MR) is 107 cm³/mol. The summed E-state index contributed by atoms with van der Waals surface area (Å²) in [6.45, 7) is 1.80. The Hall–Kier alpha value is -2.68. The van der Waals surface area contributed by atoms with E-state index in [-0.39, 0.29) is 18.4 Å². The number of carbonyl (C=O) groups is 2. The fourth-order valence-corrected chi connectivity index (χ4v) is 5.54. The molecule has 1 fully saturated rings. The summed E-state index contributed by atoms with van der Waals surface area (Å²) < 4.78 is 44.7. The van der Waals surface area contributed by atoms with Crippen molar-refractivity contribution in [3.63, 3.8) is 0 Å². The molecule has 0 bridgehead atoms. The number of carbonyl (C=O) groups excluding carboxylic acids is 2. The number of alkyl halides is 3. The van der Waals surface area contributed by atoms with Crippen molar-refractivity contribution >= 4 is 29.3 Å². The van der Waals surface area contributed by atoms with Gasteiger partial charge in [0, 0.05) is 24.8 Å². The van der Waals surface area contributed by atoms with Gasteiger partial charge in [0.15, 0.2) is 4.87 Å². The molecule has 2 aliphatic rings. The highest BCUT2D eigenvalue weighted by molar-refractivity contribution is 8.01. The van der Waals surface area contributed by atoms with Crippen molar-refractivity contribution in [3.05, 3.63) is 59.2 Å². The normalized spacial score (nSPS) is 20.8. The fraction of sp³-hybridized carbons (Fsp3) is 0.333. The van der Waals surface area contributed by atoms with E-state index in [9.17, 15) is 22.8 Å². The highest BCUT2D eigenvalue weighted by atomic mass is 32.2. The van der Waals surface area contributed by atoms with E-state index in [1.807, 2.05) is 0 Å². The molecule has 0 N–H and O–H groups in total. The lowest BCUT2D eigenvalue weighted by molar-refractivity contribution is -0.138. The first-order valence-electron chi connectivity index (χ1n) is 9.27. The standard InChI is InChI=1S/C21H19F3N2O3S/c1-13(27)26-8-9-30-20(26)17-11-16(29-2)6-7-18(17)25(19(20)28)12-14-4-3-5-15(10-14)21(22,23)24/h3-7,10-11H,8-9,12H2,1-2H3/t20-/m0/s1. The van der Waals surface area contributed by atoms with Crippen molar-refractivity contribution in [2.24, 2.45) is 0 Å². The minimum Gasteiger partial charge on any atom is -0.497 e. The van der Waals surface area contributed by atoms with Crippen LogP contribution in [-0.2, 0) is 27.2 Å². The molecule has 2 aromatic rings. The summed E-state index contributed by atoms with van der Waals surface area (Å²) in [4.78, 5) is 27.7. The number of anilines is 1. The number of hydrogen-bond acceptors (Lipinski definition) is 4. The van der Waals surface area contributed by atoms with Crippen LogP contribution >= 0.6 is 11.8 Å². The zero-order valence-electron chi connectivity index (χ0n) is 16.3. The number of benzene rings is 2. The molecule has 0 saturated carbocycles. The Labute approximate surface area is 175 Å². The first kappa shape index (κ1) is 20.6. The lowest BCUT2D eigenvalue weighted by Gasteiger charge is -2.32. The van der Waals surface area contributed by atoms with E-state index in [0.29, 0.717) is 34.9 Å². The maximum Gasteiger partial charge on any atom is 0.416 e. The Morgan fingerprint density at radius 3 is 2.67 bits per heavy atom. The number of amides is 2. The van der Waals surface area contributed by atoms with Crippen LogP contribution in [-0.4, -0.2) is 36.1 Å². The van der Waals surface area contributed by atoms with E-state index >= 15 is 0 Å². The lowest BCUT2D eigenvalue weighted by Crippen LogP contribution is -2.49. The summed E-state index contributed by atoms with van der Waals surface area (Å²) in [5.74, 6) is 0.557. The van der Waals surface area contributed by atoms with Crippen molar-refractivity contribution in [2.45, 2.75) is 24.5 Å². The van der Waals surface area contributed by atoms with Crippen LogP contribution in [0.2, 0.25) is 0 Å². The molecule has 0 aromatic heterocycles. The Morgan fingerprint density at radius 1 is 1.23 bits per heavy atom. The minimum absolute atomic E-state index is 0.0316. The number of thioether (sulfide) groups is 1. The highest BCUT2D eigenvalue weighted by Gasteiger charge is 2.59. The van der Waals surface area contributed by atoms with E-state index in [4.69, 9.17) is 4.74 Å². The van der Waals surface area contributed by atoms with Crippen molar-refractivity contribution < 1.29 is 27.5 Å². The molecule has 5 nitrogen and oxygen atoms in total. The SMILES string of the molecule is COc1ccc2c(c1)[C@]1(SCCN1C(C)=O)C(=O)N2Cc1cccc(C(F)(F)F)c1. The van der Waals surface area contributed by atoms with Crippen LogP contribution in [0.3, 0.4) is 0 Å². The minimum atomic E-state index is -4.47. The van der Waals surface area contributed by atoms with Gasteiger partial charge in [-0.2, -0.15) is 13.2 Å². The molecular formula is C21H19F3N2O3S. The Balaban J connectivity index is 1.80. The van der Waals surface area contributed by atoms with Crippen LogP contribution in [0.5, 0.6) is 5.75 Å². The summed E-state index contributed by atoms with van der Waals surface area (Å²) in [5, 5.41) is 0. The second-order valence-corrected chi connectivity index (χ2v) is 8.42. The molecule has 2 aliphatic heterocycles. The van der Waals surface area contributed by atoms with Crippen LogP contribution in [0.15, 0.2) is 42.5 Å². The number of nitrogens with zero attached hydrogens (tertiary/aromatic N) is 2. The summed E-state index contributed by atoms with van der Waals surface area (Å²) in [6, 6.07) is 10.1. The largest absolute Gasteiger partial charge is 0.497 e. The van der Waals surface area contributed by atoms with Gasteiger partial charge < -0.3 is 14.5 Å². The van der Waals surface area contributed by atoms with Crippen LogP contribution < -0.4 is 9.64 Å². The molecule has 2 aromatic carbocycles. The second kappa shape index (κ2) is 7.23. The predicted octanol–water partition coefficient (Wildman–Crippen LogP) is 4.01. The molecule has 30 heavy (non-hydrogen) atoms. The molecule has 4 rings (SSSR count). The highest BCUT2D eigenvalue weighted by Crippen LogP contribution is 2.55. The lowest BCUT2D eigenvalue weighted by atomic mass is 10.1. The zero-order valence-corrected chi connectivity index (χ0v) is 17.1. The van der Waals surface area contributed by atoms with Gasteiger partial charge in [0.05, 0.1) is 24.9 Å². The topological polar surface area (TPSA) is 49.9 Å². The molecule has 9 heteroatoms. The molecular weight excluding hydrogens is 417 g/mol. The average molecular weight is 436 g/mol. The molecule has 1 spiro atoms. The quantitative estimate of drug-likeness (QED) is 0.730. The summed E-state index contributed by atoms with van der Waals surface area (Å²) in [7, 11) is 1.51. The summed E-state index contributed by atoms with van der Waals surface area (Å²) in [5.41, 5.74) is 0.779. The van der Waals surface area contributed by atoms with Gasteiger partial charge in [-0.25, -0.2) is 0 Å². The van der Waals surface area contributed by atoms with Gasteiger partial charge in [0.25, 0.3) is 5.91 Å². The average Bonchev–Trinajstić information content (AvgIpc) is 3.25. The number of halogens is 3. The third-order valence-corrected chi connectivity index (χ3v) is 6.80. The molecule has 1 atom stereocenters. The van der Waals surface area contributed by atoms with Crippen LogP contribution in [0.25, 0.3) is 0 Å². The molecule has 0 radical (unpaired) electrons. The molecule has 0 unspecified atom stereocenters. The third-order valence-electron chi connectivity index (χ3n) is 5.38. The summed E-state index contributed by atoms with van der Waals surface area (Å²) in [6.07, 6.45) is -4.47. The number of ether oxygens (including phenoxy) is 1. The molecule has 2 heterocycles. The number of methoxy groups -OCH3 is 1. The number of fused-ring (bicyclic) bond motifs is 2. The first-order valence-corrected chi connectivity index (χ1v) is 10.3. The second-order valence-electron chi connectivity index (χ2n) is 7.14. The van der Waals surface area contributed by atoms with Crippen LogP contribution in [0.1, 0.15) is 23.6 Å². The van der Waals surface area contributed by atoms with Gasteiger partial charge in [-0.15, -0.1) is 11.8 Å². The van der Waals surface area contributed by atoms with Gasteiger partial charge in [0.1, 0.15) is 5.75 Å². The molecule has 0 aliphatic carbocycles.